The molecule has 1 atom stereocenters. The Hall–Kier alpha value is -1.10. The highest BCUT2D eigenvalue weighted by Gasteiger charge is 2.20. The maximum atomic E-state index is 9.55. The summed E-state index contributed by atoms with van der Waals surface area (Å²) in [5.74, 6) is 0.879. The van der Waals surface area contributed by atoms with Crippen LogP contribution in [0.4, 0.5) is 0 Å². The van der Waals surface area contributed by atoms with Crippen LogP contribution in [-0.2, 0) is 4.74 Å². The van der Waals surface area contributed by atoms with Crippen LogP contribution in [0, 0.1) is 0 Å². The van der Waals surface area contributed by atoms with Crippen molar-refractivity contribution in [3.63, 3.8) is 0 Å². The van der Waals surface area contributed by atoms with Crippen molar-refractivity contribution < 1.29 is 14.6 Å². The number of nitrogens with one attached hydrogen (secondary N) is 1. The van der Waals surface area contributed by atoms with E-state index in [0.29, 0.717) is 25.3 Å². The van der Waals surface area contributed by atoms with Gasteiger partial charge in [-0.15, -0.1) is 0 Å². The van der Waals surface area contributed by atoms with Gasteiger partial charge < -0.3 is 19.9 Å². The Morgan fingerprint density at radius 2 is 1.81 bits per heavy atom. The zero-order chi connectivity index (χ0) is 15.1. The predicted molar refractivity (Wildman–Crippen MR) is 83.6 cm³/mol. The Kier molecular flexibility index (Phi) is 6.49. The number of benzene rings is 1. The summed E-state index contributed by atoms with van der Waals surface area (Å²) in [7, 11) is 1.67. The van der Waals surface area contributed by atoms with E-state index in [1.54, 1.807) is 7.11 Å². The summed E-state index contributed by atoms with van der Waals surface area (Å²) in [5.41, 5.74) is 1.26. The van der Waals surface area contributed by atoms with Gasteiger partial charge in [-0.05, 0) is 50.3 Å². The van der Waals surface area contributed by atoms with Gasteiger partial charge in [0, 0.05) is 19.2 Å². The highest BCUT2D eigenvalue weighted by molar-refractivity contribution is 5.29. The lowest BCUT2D eigenvalue weighted by Crippen LogP contribution is -2.36. The standard InChI is InChI=1S/C17H27NO3/c1-13(18-15-5-7-16(19)8-6-15)14-3-9-17(10-4-14)21-12-11-20-2/h3-4,9-10,13,15-16,18-19H,5-8,11-12H2,1-2H3. The van der Waals surface area contributed by atoms with E-state index in [0.717, 1.165) is 31.4 Å². The molecule has 0 radical (unpaired) electrons. The van der Waals surface area contributed by atoms with Gasteiger partial charge in [0.05, 0.1) is 12.7 Å². The van der Waals surface area contributed by atoms with Crippen molar-refractivity contribution in [3.05, 3.63) is 29.8 Å². The van der Waals surface area contributed by atoms with Gasteiger partial charge in [-0.3, -0.25) is 0 Å². The van der Waals surface area contributed by atoms with Gasteiger partial charge >= 0.3 is 0 Å². The van der Waals surface area contributed by atoms with Crippen LogP contribution in [0.25, 0.3) is 0 Å². The molecule has 0 bridgehead atoms. The normalized spacial score (nSPS) is 23.8. The van der Waals surface area contributed by atoms with Crippen molar-refractivity contribution in [3.8, 4) is 5.75 Å². The summed E-state index contributed by atoms with van der Waals surface area (Å²) in [6, 6.07) is 9.07. The maximum absolute atomic E-state index is 9.55. The molecular formula is C17H27NO3. The van der Waals surface area contributed by atoms with E-state index < -0.39 is 0 Å². The molecule has 4 heteroatoms. The Balaban J connectivity index is 1.80. The maximum Gasteiger partial charge on any atom is 0.119 e. The second-order valence-corrected chi connectivity index (χ2v) is 5.80. The number of rotatable bonds is 7. The minimum atomic E-state index is -0.0955. The van der Waals surface area contributed by atoms with Crippen LogP contribution in [-0.4, -0.2) is 37.6 Å². The van der Waals surface area contributed by atoms with Gasteiger partial charge in [0.15, 0.2) is 0 Å². The predicted octanol–water partition coefficient (Wildman–Crippen LogP) is 2.67. The molecule has 1 saturated carbocycles. The molecule has 1 unspecified atom stereocenters. The van der Waals surface area contributed by atoms with Crippen molar-refractivity contribution in [2.24, 2.45) is 0 Å². The number of ether oxygens (including phenoxy) is 2. The molecule has 1 aliphatic rings. The quantitative estimate of drug-likeness (QED) is 0.759. The Bertz CT molecular complexity index is 399. The highest BCUT2D eigenvalue weighted by Crippen LogP contribution is 2.23. The topological polar surface area (TPSA) is 50.7 Å². The molecule has 1 aliphatic carbocycles. The minimum absolute atomic E-state index is 0.0955. The summed E-state index contributed by atoms with van der Waals surface area (Å²) in [4.78, 5) is 0. The SMILES string of the molecule is COCCOc1ccc(C(C)NC2CCC(O)CC2)cc1. The van der Waals surface area contributed by atoms with Crippen molar-refractivity contribution in [2.75, 3.05) is 20.3 Å². The van der Waals surface area contributed by atoms with Crippen LogP contribution >= 0.6 is 0 Å². The van der Waals surface area contributed by atoms with E-state index in [1.807, 2.05) is 12.1 Å². The van der Waals surface area contributed by atoms with E-state index in [9.17, 15) is 5.11 Å². The van der Waals surface area contributed by atoms with Gasteiger partial charge in [-0.2, -0.15) is 0 Å². The Labute approximate surface area is 127 Å². The monoisotopic (exact) mass is 293 g/mol. The third kappa shape index (κ3) is 5.30. The second-order valence-electron chi connectivity index (χ2n) is 5.80. The number of methoxy groups -OCH3 is 1. The summed E-state index contributed by atoms with van der Waals surface area (Å²) >= 11 is 0. The number of hydrogen-bond donors (Lipinski definition) is 2. The molecule has 0 aromatic heterocycles. The van der Waals surface area contributed by atoms with Crippen molar-refractivity contribution in [1.29, 1.82) is 0 Å². The molecule has 4 nitrogen and oxygen atoms in total. The smallest absolute Gasteiger partial charge is 0.119 e. The molecule has 21 heavy (non-hydrogen) atoms. The lowest BCUT2D eigenvalue weighted by atomic mass is 9.92. The van der Waals surface area contributed by atoms with Gasteiger partial charge in [-0.1, -0.05) is 12.1 Å². The molecule has 0 heterocycles. The van der Waals surface area contributed by atoms with Crippen LogP contribution in [0.1, 0.15) is 44.2 Å². The largest absolute Gasteiger partial charge is 0.491 e. The summed E-state index contributed by atoms with van der Waals surface area (Å²) in [6.07, 6.45) is 3.85. The number of aliphatic hydroxyl groups is 1. The van der Waals surface area contributed by atoms with Crippen molar-refractivity contribution in [2.45, 2.75) is 50.8 Å². The first-order chi connectivity index (χ1) is 10.2. The third-order valence-corrected chi connectivity index (χ3v) is 4.12. The molecule has 1 aromatic carbocycles. The number of hydrogen-bond acceptors (Lipinski definition) is 4. The van der Waals surface area contributed by atoms with Crippen molar-refractivity contribution in [1.82, 2.24) is 5.32 Å². The van der Waals surface area contributed by atoms with Crippen LogP contribution in [0.5, 0.6) is 5.75 Å². The van der Waals surface area contributed by atoms with Crippen LogP contribution in [0.2, 0.25) is 0 Å². The Morgan fingerprint density at radius 3 is 2.43 bits per heavy atom. The molecule has 2 rings (SSSR count). The van der Waals surface area contributed by atoms with Crippen LogP contribution in [0.15, 0.2) is 24.3 Å². The first-order valence-corrected chi connectivity index (χ1v) is 7.85. The average molecular weight is 293 g/mol. The zero-order valence-electron chi connectivity index (χ0n) is 13.0. The fourth-order valence-electron chi connectivity index (χ4n) is 2.79. The van der Waals surface area contributed by atoms with E-state index in [1.165, 1.54) is 5.56 Å². The molecule has 0 amide bonds. The van der Waals surface area contributed by atoms with E-state index >= 15 is 0 Å². The van der Waals surface area contributed by atoms with Gasteiger partial charge in [0.2, 0.25) is 0 Å². The molecular weight excluding hydrogens is 266 g/mol. The second kappa shape index (κ2) is 8.37. The molecule has 0 spiro atoms. The summed E-state index contributed by atoms with van der Waals surface area (Å²) in [6.45, 7) is 3.37. The van der Waals surface area contributed by atoms with E-state index in [2.05, 4.69) is 24.4 Å². The van der Waals surface area contributed by atoms with E-state index in [-0.39, 0.29) is 6.10 Å². The zero-order valence-corrected chi connectivity index (χ0v) is 13.0. The van der Waals surface area contributed by atoms with E-state index in [4.69, 9.17) is 9.47 Å². The van der Waals surface area contributed by atoms with Gasteiger partial charge in [0.25, 0.3) is 0 Å². The summed E-state index contributed by atoms with van der Waals surface area (Å²) < 4.78 is 10.5. The lowest BCUT2D eigenvalue weighted by molar-refractivity contribution is 0.114. The van der Waals surface area contributed by atoms with Crippen LogP contribution in [0.3, 0.4) is 0 Å². The first kappa shape index (κ1) is 16.3. The van der Waals surface area contributed by atoms with Gasteiger partial charge in [-0.25, -0.2) is 0 Å². The third-order valence-electron chi connectivity index (χ3n) is 4.12. The minimum Gasteiger partial charge on any atom is -0.491 e. The molecule has 0 saturated heterocycles. The number of aliphatic hydroxyl groups excluding tert-OH is 1. The lowest BCUT2D eigenvalue weighted by Gasteiger charge is -2.29. The molecule has 2 N–H and O–H groups in total. The highest BCUT2D eigenvalue weighted by atomic mass is 16.5. The molecule has 118 valence electrons. The Morgan fingerprint density at radius 1 is 1.14 bits per heavy atom. The van der Waals surface area contributed by atoms with Crippen molar-refractivity contribution >= 4 is 0 Å². The summed E-state index contributed by atoms with van der Waals surface area (Å²) in [5, 5.41) is 13.2. The molecule has 1 fully saturated rings. The molecule has 1 aromatic rings. The fraction of sp³-hybridized carbons (Fsp3) is 0.647. The van der Waals surface area contributed by atoms with Gasteiger partial charge in [0.1, 0.15) is 12.4 Å². The first-order valence-electron chi connectivity index (χ1n) is 7.85. The van der Waals surface area contributed by atoms with Crippen LogP contribution < -0.4 is 10.1 Å². The molecule has 0 aliphatic heterocycles. The average Bonchev–Trinajstić information content (AvgIpc) is 2.50. The fourth-order valence-corrected chi connectivity index (χ4v) is 2.79.